The molecule has 2 N–H and O–H groups in total. The summed E-state index contributed by atoms with van der Waals surface area (Å²) in [6.07, 6.45) is -4.99. The smallest absolute Gasteiger partial charge is 0.393 e. The van der Waals surface area contributed by atoms with E-state index in [-0.39, 0.29) is 5.56 Å². The van der Waals surface area contributed by atoms with E-state index >= 15 is 0 Å². The quantitative estimate of drug-likeness (QED) is 0.894. The average Bonchev–Trinajstić information content (AvgIpc) is 3.09. The van der Waals surface area contributed by atoms with Gasteiger partial charge in [-0.05, 0) is 24.1 Å². The largest absolute Gasteiger partial charge is 0.481 e. The number of aliphatic carboxylic acids is 1. The van der Waals surface area contributed by atoms with E-state index in [0.29, 0.717) is 12.1 Å². The van der Waals surface area contributed by atoms with Gasteiger partial charge in [-0.1, -0.05) is 12.1 Å². The number of carboxylic acid groups (broad SMARTS) is 1. The van der Waals surface area contributed by atoms with Gasteiger partial charge in [0.2, 0.25) is 5.91 Å². The zero-order chi connectivity index (χ0) is 14.9. The Labute approximate surface area is 112 Å². The molecule has 1 fully saturated rings. The zero-order valence-corrected chi connectivity index (χ0v) is 10.3. The van der Waals surface area contributed by atoms with Crippen LogP contribution in [0.15, 0.2) is 24.3 Å². The molecule has 108 valence electrons. The normalized spacial score (nSPS) is 21.4. The SMILES string of the molecule is O=C(O)C1CC1C(=O)Nc1ccc(CC(F)(F)F)cc1. The third-order valence-corrected chi connectivity index (χ3v) is 3.07. The molecule has 20 heavy (non-hydrogen) atoms. The number of carboxylic acids is 1. The van der Waals surface area contributed by atoms with Crippen LogP contribution in [0.2, 0.25) is 0 Å². The van der Waals surface area contributed by atoms with Gasteiger partial charge >= 0.3 is 12.1 Å². The van der Waals surface area contributed by atoms with Gasteiger partial charge < -0.3 is 10.4 Å². The number of benzene rings is 1. The van der Waals surface area contributed by atoms with Crippen LogP contribution >= 0.6 is 0 Å². The van der Waals surface area contributed by atoms with Gasteiger partial charge in [-0.15, -0.1) is 0 Å². The number of anilines is 1. The fourth-order valence-electron chi connectivity index (χ4n) is 1.93. The van der Waals surface area contributed by atoms with Crippen molar-refractivity contribution >= 4 is 17.6 Å². The van der Waals surface area contributed by atoms with E-state index < -0.39 is 36.3 Å². The van der Waals surface area contributed by atoms with Crippen LogP contribution < -0.4 is 5.32 Å². The number of hydrogen-bond donors (Lipinski definition) is 2. The maximum absolute atomic E-state index is 12.2. The molecule has 0 bridgehead atoms. The fourth-order valence-corrected chi connectivity index (χ4v) is 1.93. The highest BCUT2D eigenvalue weighted by Gasteiger charge is 2.48. The predicted octanol–water partition coefficient (Wildman–Crippen LogP) is 2.45. The van der Waals surface area contributed by atoms with Crippen molar-refractivity contribution in [3.63, 3.8) is 0 Å². The third-order valence-electron chi connectivity index (χ3n) is 3.07. The first-order valence-corrected chi connectivity index (χ1v) is 5.95. The van der Waals surface area contributed by atoms with Gasteiger partial charge in [-0.2, -0.15) is 13.2 Å². The number of alkyl halides is 3. The minimum absolute atomic E-state index is 0.102. The lowest BCUT2D eigenvalue weighted by Crippen LogP contribution is -2.17. The fraction of sp³-hybridized carbons (Fsp3) is 0.385. The number of rotatable bonds is 4. The molecule has 4 nitrogen and oxygen atoms in total. The topological polar surface area (TPSA) is 66.4 Å². The highest BCUT2D eigenvalue weighted by atomic mass is 19.4. The molecule has 0 heterocycles. The maximum atomic E-state index is 12.2. The van der Waals surface area contributed by atoms with E-state index in [1.807, 2.05) is 0 Å². The molecule has 1 amide bonds. The molecule has 0 radical (unpaired) electrons. The van der Waals surface area contributed by atoms with Crippen LogP contribution in [0.5, 0.6) is 0 Å². The van der Waals surface area contributed by atoms with E-state index in [1.165, 1.54) is 24.3 Å². The van der Waals surface area contributed by atoms with Gasteiger partial charge in [0.1, 0.15) is 0 Å². The van der Waals surface area contributed by atoms with E-state index in [1.54, 1.807) is 0 Å². The maximum Gasteiger partial charge on any atom is 0.393 e. The summed E-state index contributed by atoms with van der Waals surface area (Å²) in [5.41, 5.74) is 0.460. The molecular weight excluding hydrogens is 275 g/mol. The molecule has 2 unspecified atom stereocenters. The van der Waals surface area contributed by atoms with Crippen LogP contribution in [0, 0.1) is 11.8 Å². The summed E-state index contributed by atoms with van der Waals surface area (Å²) >= 11 is 0. The number of hydrogen-bond acceptors (Lipinski definition) is 2. The first-order chi connectivity index (χ1) is 9.26. The van der Waals surface area contributed by atoms with Crippen molar-refractivity contribution in [3.8, 4) is 0 Å². The molecule has 1 aliphatic rings. The van der Waals surface area contributed by atoms with Gasteiger partial charge in [-0.3, -0.25) is 9.59 Å². The minimum atomic E-state index is -4.27. The Hall–Kier alpha value is -2.05. The highest BCUT2D eigenvalue weighted by Crippen LogP contribution is 2.39. The predicted molar refractivity (Wildman–Crippen MR) is 64.1 cm³/mol. The molecule has 0 spiro atoms. The number of carbonyl (C=O) groups is 2. The Morgan fingerprint density at radius 3 is 2.25 bits per heavy atom. The average molecular weight is 287 g/mol. The van der Waals surface area contributed by atoms with Crippen LogP contribution in [0.3, 0.4) is 0 Å². The van der Waals surface area contributed by atoms with Gasteiger partial charge in [0.25, 0.3) is 0 Å². The lowest BCUT2D eigenvalue weighted by Gasteiger charge is -2.08. The summed E-state index contributed by atoms with van der Waals surface area (Å²) in [7, 11) is 0. The van der Waals surface area contributed by atoms with Crippen LogP contribution in [0.25, 0.3) is 0 Å². The highest BCUT2D eigenvalue weighted by molar-refractivity contribution is 5.98. The molecular formula is C13H12F3NO3. The van der Waals surface area contributed by atoms with Crippen molar-refractivity contribution in [2.24, 2.45) is 11.8 Å². The van der Waals surface area contributed by atoms with Crippen LogP contribution in [-0.4, -0.2) is 23.2 Å². The Balaban J connectivity index is 1.91. The van der Waals surface area contributed by atoms with Gasteiger partial charge in [-0.25, -0.2) is 0 Å². The van der Waals surface area contributed by atoms with Crippen LogP contribution in [-0.2, 0) is 16.0 Å². The summed E-state index contributed by atoms with van der Waals surface area (Å²) in [5, 5.41) is 11.2. The molecule has 7 heteroatoms. The third kappa shape index (κ3) is 3.72. The van der Waals surface area contributed by atoms with Gasteiger partial charge in [0, 0.05) is 5.69 Å². The number of amides is 1. The van der Waals surface area contributed by atoms with E-state index in [9.17, 15) is 22.8 Å². The van der Waals surface area contributed by atoms with Crippen LogP contribution in [0.4, 0.5) is 18.9 Å². The standard InChI is InChI=1S/C13H12F3NO3/c14-13(15,16)6-7-1-3-8(4-2-7)17-11(18)9-5-10(9)12(19)20/h1-4,9-10H,5-6H2,(H,17,18)(H,19,20). The molecule has 0 saturated heterocycles. The van der Waals surface area contributed by atoms with Crippen molar-refractivity contribution in [1.82, 2.24) is 0 Å². The Bertz CT molecular complexity index is 525. The first kappa shape index (κ1) is 14.4. The Morgan fingerprint density at radius 2 is 1.80 bits per heavy atom. The second-order valence-electron chi connectivity index (χ2n) is 4.77. The van der Waals surface area contributed by atoms with Gasteiger partial charge in [0.15, 0.2) is 0 Å². The second-order valence-corrected chi connectivity index (χ2v) is 4.77. The van der Waals surface area contributed by atoms with Crippen molar-refractivity contribution < 1.29 is 27.9 Å². The van der Waals surface area contributed by atoms with E-state index in [0.717, 1.165) is 0 Å². The summed E-state index contributed by atoms with van der Waals surface area (Å²) in [6.45, 7) is 0. The lowest BCUT2D eigenvalue weighted by molar-refractivity contribution is -0.139. The molecule has 0 aromatic heterocycles. The number of carbonyl (C=O) groups excluding carboxylic acids is 1. The van der Waals surface area contributed by atoms with Crippen molar-refractivity contribution in [1.29, 1.82) is 0 Å². The lowest BCUT2D eigenvalue weighted by atomic mass is 10.1. The summed E-state index contributed by atoms with van der Waals surface area (Å²) in [5.74, 6) is -2.63. The summed E-state index contributed by atoms with van der Waals surface area (Å²) in [6, 6.07) is 5.31. The minimum Gasteiger partial charge on any atom is -0.481 e. The second kappa shape index (κ2) is 5.15. The number of halogens is 3. The summed E-state index contributed by atoms with van der Waals surface area (Å²) in [4.78, 5) is 22.3. The molecule has 2 rings (SSSR count). The van der Waals surface area contributed by atoms with Crippen molar-refractivity contribution in [2.45, 2.75) is 19.0 Å². The molecule has 1 aromatic carbocycles. The van der Waals surface area contributed by atoms with E-state index in [4.69, 9.17) is 5.11 Å². The van der Waals surface area contributed by atoms with Crippen molar-refractivity contribution in [3.05, 3.63) is 29.8 Å². The molecule has 1 saturated carbocycles. The Kier molecular flexibility index (Phi) is 3.69. The van der Waals surface area contributed by atoms with Crippen molar-refractivity contribution in [2.75, 3.05) is 5.32 Å². The summed E-state index contributed by atoms with van der Waals surface area (Å²) < 4.78 is 36.5. The molecule has 0 aliphatic heterocycles. The number of nitrogens with one attached hydrogen (secondary N) is 1. The molecule has 1 aromatic rings. The van der Waals surface area contributed by atoms with E-state index in [2.05, 4.69) is 5.32 Å². The molecule has 2 atom stereocenters. The van der Waals surface area contributed by atoms with Gasteiger partial charge in [0.05, 0.1) is 18.3 Å². The molecule has 1 aliphatic carbocycles. The monoisotopic (exact) mass is 287 g/mol. The Morgan fingerprint density at radius 1 is 1.20 bits per heavy atom. The van der Waals surface area contributed by atoms with Crippen LogP contribution in [0.1, 0.15) is 12.0 Å². The zero-order valence-electron chi connectivity index (χ0n) is 10.3. The first-order valence-electron chi connectivity index (χ1n) is 5.95.